The Balaban J connectivity index is 3.13. The van der Waals surface area contributed by atoms with Crippen LogP contribution in [0.2, 0.25) is 0 Å². The number of halogens is 4. The van der Waals surface area contributed by atoms with Crippen molar-refractivity contribution in [3.05, 3.63) is 28.2 Å². The van der Waals surface area contributed by atoms with Crippen LogP contribution in [0, 0.1) is 11.8 Å². The van der Waals surface area contributed by atoms with Gasteiger partial charge in [-0.05, 0) is 24.1 Å². The zero-order chi connectivity index (χ0) is 12.2. The van der Waals surface area contributed by atoms with Crippen LogP contribution in [-0.2, 0) is 4.79 Å². The molecule has 0 unspecified atom stereocenters. The number of hydrogen-bond donors (Lipinski definition) is 0. The molecule has 0 bridgehead atoms. The number of carbonyl (C=O) groups excluding carboxylic acids is 1. The van der Waals surface area contributed by atoms with Crippen molar-refractivity contribution in [2.45, 2.75) is 6.36 Å². The predicted molar refractivity (Wildman–Crippen MR) is 53.8 cm³/mol. The molecule has 16 heavy (non-hydrogen) atoms. The highest BCUT2D eigenvalue weighted by atomic mass is 79.9. The molecule has 0 radical (unpaired) electrons. The van der Waals surface area contributed by atoms with E-state index in [1.54, 1.807) is 0 Å². The van der Waals surface area contributed by atoms with Crippen molar-refractivity contribution in [1.82, 2.24) is 0 Å². The highest BCUT2D eigenvalue weighted by Gasteiger charge is 2.32. The highest BCUT2D eigenvalue weighted by Crippen LogP contribution is 2.28. The molecule has 0 N–H and O–H groups in total. The average Bonchev–Trinajstić information content (AvgIpc) is 2.14. The van der Waals surface area contributed by atoms with E-state index in [9.17, 15) is 18.0 Å². The summed E-state index contributed by atoms with van der Waals surface area (Å²) in [6.45, 7) is 0. The number of hydrogen-bond acceptors (Lipinski definition) is 2. The van der Waals surface area contributed by atoms with Crippen molar-refractivity contribution in [2.75, 3.05) is 0 Å². The molecule has 2 nitrogen and oxygen atoms in total. The molecule has 84 valence electrons. The van der Waals surface area contributed by atoms with Crippen molar-refractivity contribution in [3.63, 3.8) is 0 Å². The van der Waals surface area contributed by atoms with Gasteiger partial charge in [0.2, 0.25) is 0 Å². The Bertz CT molecular complexity index is 457. The third-order valence-electron chi connectivity index (χ3n) is 1.44. The first-order chi connectivity index (χ1) is 7.42. The molecule has 1 aromatic carbocycles. The Morgan fingerprint density at radius 3 is 2.62 bits per heavy atom. The summed E-state index contributed by atoms with van der Waals surface area (Å²) in [5.74, 6) is 3.82. The molecule has 0 saturated heterocycles. The van der Waals surface area contributed by atoms with Crippen LogP contribution >= 0.6 is 15.9 Å². The summed E-state index contributed by atoms with van der Waals surface area (Å²) in [6, 6.07) is 3.95. The Morgan fingerprint density at radius 1 is 1.38 bits per heavy atom. The Kier molecular flexibility index (Phi) is 3.96. The molecule has 1 aromatic rings. The first kappa shape index (κ1) is 12.6. The van der Waals surface area contributed by atoms with Crippen molar-refractivity contribution >= 4 is 22.2 Å². The van der Waals surface area contributed by atoms with Gasteiger partial charge >= 0.3 is 6.36 Å². The van der Waals surface area contributed by atoms with Gasteiger partial charge in [-0.1, -0.05) is 21.9 Å². The lowest BCUT2D eigenvalue weighted by Gasteiger charge is -2.10. The standard InChI is InChI=1S/C10H4BrF3O2/c11-8-4-3-7(2-1-5-15)9(6-8)16-10(12,13)14/h3-6H. The van der Waals surface area contributed by atoms with E-state index < -0.39 is 12.1 Å². The minimum absolute atomic E-state index is 0.00683. The predicted octanol–water partition coefficient (Wildman–Crippen LogP) is 2.90. The molecule has 0 aliphatic heterocycles. The maximum atomic E-state index is 12.0. The van der Waals surface area contributed by atoms with Crippen molar-refractivity contribution in [1.29, 1.82) is 0 Å². The third kappa shape index (κ3) is 3.95. The van der Waals surface area contributed by atoms with Gasteiger partial charge in [-0.2, -0.15) is 0 Å². The minimum Gasteiger partial charge on any atom is -0.404 e. The van der Waals surface area contributed by atoms with Gasteiger partial charge in [0, 0.05) is 4.47 Å². The van der Waals surface area contributed by atoms with Crippen LogP contribution in [0.1, 0.15) is 5.56 Å². The average molecular weight is 293 g/mol. The molecule has 1 rings (SSSR count). The lowest BCUT2D eigenvalue weighted by molar-refractivity contribution is -0.274. The van der Waals surface area contributed by atoms with Gasteiger partial charge in [0.25, 0.3) is 0 Å². The molecule has 0 aliphatic rings. The van der Waals surface area contributed by atoms with Gasteiger partial charge in [0.1, 0.15) is 5.75 Å². The Hall–Kier alpha value is -1.48. The lowest BCUT2D eigenvalue weighted by atomic mass is 10.2. The van der Waals surface area contributed by atoms with E-state index in [0.29, 0.717) is 10.8 Å². The summed E-state index contributed by atoms with van der Waals surface area (Å²) in [5.41, 5.74) is -0.00683. The van der Waals surface area contributed by atoms with E-state index in [0.717, 1.165) is 6.07 Å². The second-order valence-electron chi connectivity index (χ2n) is 2.58. The van der Waals surface area contributed by atoms with Crippen LogP contribution in [0.15, 0.2) is 22.7 Å². The summed E-state index contributed by atoms with van der Waals surface area (Å²) in [7, 11) is 0. The smallest absolute Gasteiger partial charge is 0.404 e. The number of alkyl halides is 3. The summed E-state index contributed by atoms with van der Waals surface area (Å²) in [6.07, 6.45) is -4.50. The maximum Gasteiger partial charge on any atom is 0.573 e. The van der Waals surface area contributed by atoms with E-state index in [-0.39, 0.29) is 5.56 Å². The van der Waals surface area contributed by atoms with Crippen molar-refractivity contribution in [2.24, 2.45) is 0 Å². The second kappa shape index (κ2) is 5.03. The second-order valence-corrected chi connectivity index (χ2v) is 3.49. The Morgan fingerprint density at radius 2 is 2.06 bits per heavy atom. The zero-order valence-electron chi connectivity index (χ0n) is 7.64. The molecule has 0 heterocycles. The van der Waals surface area contributed by atoms with Crippen molar-refractivity contribution < 1.29 is 22.7 Å². The van der Waals surface area contributed by atoms with E-state index in [1.807, 2.05) is 5.92 Å². The molecular formula is C10H4BrF3O2. The van der Waals surface area contributed by atoms with Crippen LogP contribution in [0.3, 0.4) is 0 Å². The molecule has 0 aliphatic carbocycles. The fourth-order valence-corrected chi connectivity index (χ4v) is 1.26. The molecule has 6 heteroatoms. The molecule has 0 aromatic heterocycles. The summed E-state index contributed by atoms with van der Waals surface area (Å²) >= 11 is 3.01. The molecule has 0 spiro atoms. The van der Waals surface area contributed by atoms with Crippen molar-refractivity contribution in [3.8, 4) is 17.6 Å². The SMILES string of the molecule is O=CC#Cc1ccc(Br)cc1OC(F)(F)F. The van der Waals surface area contributed by atoms with Crippen LogP contribution in [0.25, 0.3) is 0 Å². The van der Waals surface area contributed by atoms with Gasteiger partial charge < -0.3 is 4.74 Å². The van der Waals surface area contributed by atoms with Gasteiger partial charge in [-0.15, -0.1) is 13.2 Å². The summed E-state index contributed by atoms with van der Waals surface area (Å²) in [4.78, 5) is 10.00. The topological polar surface area (TPSA) is 26.3 Å². The third-order valence-corrected chi connectivity index (χ3v) is 1.93. The molecule has 0 fully saturated rings. The lowest BCUT2D eigenvalue weighted by Crippen LogP contribution is -2.17. The maximum absolute atomic E-state index is 12.0. The van der Waals surface area contributed by atoms with Crippen LogP contribution in [0.5, 0.6) is 5.75 Å². The zero-order valence-corrected chi connectivity index (χ0v) is 9.22. The number of carbonyl (C=O) groups is 1. The quantitative estimate of drug-likeness (QED) is 0.588. The fourth-order valence-electron chi connectivity index (χ4n) is 0.916. The van der Waals surface area contributed by atoms with E-state index in [2.05, 4.69) is 26.6 Å². The highest BCUT2D eigenvalue weighted by molar-refractivity contribution is 9.10. The first-order valence-electron chi connectivity index (χ1n) is 3.93. The van der Waals surface area contributed by atoms with E-state index in [1.165, 1.54) is 12.1 Å². The van der Waals surface area contributed by atoms with E-state index >= 15 is 0 Å². The minimum atomic E-state index is -4.79. The normalized spacial score (nSPS) is 10.2. The number of benzene rings is 1. The van der Waals surface area contributed by atoms with Crippen LogP contribution in [0.4, 0.5) is 13.2 Å². The summed E-state index contributed by atoms with van der Waals surface area (Å²) < 4.78 is 40.2. The Labute approximate surface area is 97.5 Å². The number of ether oxygens (including phenoxy) is 1. The first-order valence-corrected chi connectivity index (χ1v) is 4.72. The van der Waals surface area contributed by atoms with Gasteiger partial charge in [0.15, 0.2) is 6.29 Å². The van der Waals surface area contributed by atoms with Gasteiger partial charge in [-0.25, -0.2) is 0 Å². The largest absolute Gasteiger partial charge is 0.573 e. The molecule has 0 saturated carbocycles. The monoisotopic (exact) mass is 292 g/mol. The van der Waals surface area contributed by atoms with Crippen LogP contribution in [-0.4, -0.2) is 12.6 Å². The number of aldehydes is 1. The number of rotatable bonds is 1. The van der Waals surface area contributed by atoms with Crippen LogP contribution < -0.4 is 4.74 Å². The summed E-state index contributed by atoms with van der Waals surface area (Å²) in [5, 5.41) is 0. The molecule has 0 amide bonds. The van der Waals surface area contributed by atoms with E-state index in [4.69, 9.17) is 0 Å². The molecular weight excluding hydrogens is 289 g/mol. The van der Waals surface area contributed by atoms with Gasteiger partial charge in [-0.3, -0.25) is 4.79 Å². The van der Waals surface area contributed by atoms with Gasteiger partial charge in [0.05, 0.1) is 5.56 Å². The fraction of sp³-hybridized carbons (Fsp3) is 0.100. The molecule has 0 atom stereocenters.